The molecule has 1 N–H and O–H groups in total. The Morgan fingerprint density at radius 1 is 0.565 bits per heavy atom. The molecule has 0 aromatic rings. The van der Waals surface area contributed by atoms with Gasteiger partial charge in [-0.1, -0.05) is 184 Å². The highest BCUT2D eigenvalue weighted by Crippen LogP contribution is 2.58. The Morgan fingerprint density at radius 2 is 0.902 bits per heavy atom. The van der Waals surface area contributed by atoms with Crippen LogP contribution >= 0.6 is 0 Å². The third-order valence-electron chi connectivity index (χ3n) is 24.4. The molecule has 0 heterocycles. The highest BCUT2D eigenvalue weighted by Gasteiger charge is 2.51. The molecule has 10 nitrogen and oxygen atoms in total. The van der Waals surface area contributed by atoms with Gasteiger partial charge in [-0.3, -0.25) is 0 Å². The fourth-order valence-electron chi connectivity index (χ4n) is 14.7. The predicted molar refractivity (Wildman–Crippen MR) is 396 cm³/mol. The van der Waals surface area contributed by atoms with Crippen molar-refractivity contribution < 1.29 is 46.6 Å². The Kier molecular flexibility index (Phi) is 26.8. The summed E-state index contributed by atoms with van der Waals surface area (Å²) in [6.07, 6.45) is 30.0. The predicted octanol–water partition coefficient (Wildman–Crippen LogP) is 22.0. The summed E-state index contributed by atoms with van der Waals surface area (Å²) < 4.78 is 46.1. The molecule has 10 atom stereocenters. The van der Waals surface area contributed by atoms with Crippen LogP contribution in [0.4, 0.5) is 0 Å². The summed E-state index contributed by atoms with van der Waals surface area (Å²) in [4.78, 5) is 24.0. The van der Waals surface area contributed by atoms with E-state index in [0.29, 0.717) is 11.8 Å². The van der Waals surface area contributed by atoms with Crippen LogP contribution in [-0.2, 0) is 41.5 Å². The van der Waals surface area contributed by atoms with Crippen LogP contribution in [-0.4, -0.2) is 106 Å². The molecular weight excluding hydrogens is 1210 g/mol. The summed E-state index contributed by atoms with van der Waals surface area (Å²) in [6, 6.07) is 0. The van der Waals surface area contributed by atoms with Crippen molar-refractivity contribution in [3.05, 3.63) is 94.2 Å². The minimum atomic E-state index is -2.02. The van der Waals surface area contributed by atoms with Gasteiger partial charge in [0.05, 0.1) is 36.6 Å². The monoisotopic (exact) mass is 1340 g/mol. The summed E-state index contributed by atoms with van der Waals surface area (Å²) in [5, 5.41) is 9.66. The molecule has 92 heavy (non-hydrogen) atoms. The number of rotatable bonds is 23. The summed E-state index contributed by atoms with van der Waals surface area (Å²) in [5.41, 5.74) is 10.0. The minimum Gasteiger partial charge on any atom is -0.480 e. The second-order valence-corrected chi connectivity index (χ2v) is 54.7. The molecule has 0 spiro atoms. The lowest BCUT2D eigenvalue weighted by Crippen LogP contribution is -2.49. The number of carboxylic acids is 1. The third kappa shape index (κ3) is 19.7. The largest absolute Gasteiger partial charge is 0.480 e. The molecule has 6 rings (SSSR count). The van der Waals surface area contributed by atoms with Gasteiger partial charge in [0, 0.05) is 12.8 Å². The van der Waals surface area contributed by atoms with E-state index >= 15 is 0 Å². The molecule has 0 aromatic heterocycles. The Hall–Kier alpha value is -2.51. The van der Waals surface area contributed by atoms with Gasteiger partial charge in [0.15, 0.2) is 33.3 Å². The molecular formula is C78H136O10Si4. The first kappa shape index (κ1) is 80.2. The molecule has 0 aliphatic heterocycles. The van der Waals surface area contributed by atoms with Gasteiger partial charge in [0.25, 0.3) is 0 Å². The summed E-state index contributed by atoms with van der Waals surface area (Å²) in [6.45, 7) is 70.8. The van der Waals surface area contributed by atoms with E-state index < -0.39 is 44.8 Å². The van der Waals surface area contributed by atoms with Crippen molar-refractivity contribution in [1.82, 2.24) is 0 Å². The van der Waals surface area contributed by atoms with Gasteiger partial charge in [-0.2, -0.15) is 0 Å². The van der Waals surface area contributed by atoms with Crippen LogP contribution in [0.1, 0.15) is 234 Å². The maximum absolute atomic E-state index is 12.9. The zero-order valence-corrected chi connectivity index (χ0v) is 67.8. The smallest absolute Gasteiger partial charge is 0.332 e. The summed E-state index contributed by atoms with van der Waals surface area (Å²) >= 11 is 0. The van der Waals surface area contributed by atoms with Crippen molar-refractivity contribution in [1.29, 1.82) is 0 Å². The normalized spacial score (nSPS) is 29.0. The molecule has 6 aliphatic carbocycles. The highest BCUT2D eigenvalue weighted by atomic mass is 28.4. The van der Waals surface area contributed by atoms with Crippen molar-refractivity contribution in [2.24, 2.45) is 22.7 Å². The van der Waals surface area contributed by atoms with Gasteiger partial charge < -0.3 is 37.0 Å². The number of aliphatic carboxylic acids is 1. The van der Waals surface area contributed by atoms with Crippen LogP contribution < -0.4 is 0 Å². The molecule has 0 aromatic carbocycles. The van der Waals surface area contributed by atoms with E-state index in [4.69, 9.17) is 37.0 Å². The van der Waals surface area contributed by atoms with Crippen molar-refractivity contribution in [3.8, 4) is 0 Å². The third-order valence-corrected chi connectivity index (χ3v) is 42.4. The van der Waals surface area contributed by atoms with E-state index in [1.165, 1.54) is 33.4 Å². The van der Waals surface area contributed by atoms with E-state index in [1.807, 2.05) is 6.92 Å². The number of carboxylic acid groups (broad SMARTS) is 1. The van der Waals surface area contributed by atoms with Crippen LogP contribution in [0.3, 0.4) is 0 Å². The Balaban J connectivity index is 0.000000339. The van der Waals surface area contributed by atoms with Crippen LogP contribution in [0.25, 0.3) is 0 Å². The first-order valence-corrected chi connectivity index (χ1v) is 47.6. The maximum atomic E-state index is 12.9. The zero-order valence-electron chi connectivity index (χ0n) is 63.8. The van der Waals surface area contributed by atoms with Crippen LogP contribution in [0.5, 0.6) is 0 Å². The van der Waals surface area contributed by atoms with Crippen LogP contribution in [0, 0.1) is 22.7 Å². The van der Waals surface area contributed by atoms with E-state index in [0.717, 1.165) is 114 Å². The van der Waals surface area contributed by atoms with Gasteiger partial charge in [-0.15, -0.1) is 0 Å². The second-order valence-electron chi connectivity index (χ2n) is 35.7. The highest BCUT2D eigenvalue weighted by molar-refractivity contribution is 6.75. The average Bonchev–Trinajstić information content (AvgIpc) is 1.56. The van der Waals surface area contributed by atoms with Crippen LogP contribution in [0.15, 0.2) is 94.2 Å². The zero-order chi connectivity index (χ0) is 69.8. The number of ether oxygens (including phenoxy) is 3. The van der Waals surface area contributed by atoms with E-state index in [9.17, 15) is 9.59 Å². The number of carbonyl (C=O) groups is 2. The fraction of sp³-hybridized carbons (Fsp3) is 0.769. The molecule has 0 bridgehead atoms. The number of fused-ring (bicyclic) bond motifs is 2. The number of hydrogen-bond donors (Lipinski definition) is 1. The molecule has 1 unspecified atom stereocenters. The van der Waals surface area contributed by atoms with Crippen molar-refractivity contribution in [2.75, 3.05) is 13.2 Å². The lowest BCUT2D eigenvalue weighted by atomic mass is 9.63. The SMILES string of the molecule is C=C1C(=CC=C2CCC[C@]3(C)C([C@H](C)OCC(=O)O)=CCC23)C[C@@H](O[Si](C)(C)C(C)(C)C)C[C@@H]1O[Si](C)(C)C(C)(C)C.C=C1C(=CC=C2CCC[C@]3(C)C([C@H](C)OCC(=O)OC(C)(CCC)CCC)=CC[C@@H]23)C[C@@H](O[Si](C)(C)C(C)(C)C)C[C@@H]1O[Si](C)(C)C(C)(C)C. The molecule has 6 aliphatic rings. The lowest BCUT2D eigenvalue weighted by molar-refractivity contribution is -0.166. The van der Waals surface area contributed by atoms with Gasteiger partial charge in [0.2, 0.25) is 0 Å². The maximum Gasteiger partial charge on any atom is 0.332 e. The van der Waals surface area contributed by atoms with Crippen molar-refractivity contribution in [3.63, 3.8) is 0 Å². The quantitative estimate of drug-likeness (QED) is 0.0602. The second kappa shape index (κ2) is 30.7. The van der Waals surface area contributed by atoms with Crippen molar-refractivity contribution >= 4 is 45.2 Å². The van der Waals surface area contributed by atoms with Crippen LogP contribution in [0.2, 0.25) is 72.5 Å². The summed E-state index contributed by atoms with van der Waals surface area (Å²) in [7, 11) is -7.95. The van der Waals surface area contributed by atoms with Gasteiger partial charge in [-0.05, 0) is 226 Å². The number of esters is 1. The van der Waals surface area contributed by atoms with Gasteiger partial charge in [0.1, 0.15) is 18.8 Å². The number of allylic oxidation sites excluding steroid dienone is 8. The summed E-state index contributed by atoms with van der Waals surface area (Å²) in [5.74, 6) is -0.313. The molecule has 0 amide bonds. The standard InChI is InChI=1S/C43H76O5Si2.C35H60O5Si2/c1-17-25-42(11,26-18-2)46-39(44)30-45-32(4)36-23-24-37-33(20-19-27-43(36,37)12)21-22-34-28-35(47-49(13,14)40(5,6)7)29-38(31(34)3)48-50(15,16)41(8,9)10;1-24-27(17-16-26-15-14-20-35(9)29(18-19-30(26)35)25(2)38-23-32(36)37)21-28(39-41(10,11)33(3,4)5)22-31(24)40-42(12,13)34(6,7)8/h21-23,32,35,37-38H,3,17-20,24-30H2,1-2,4-16H3;16-18,25,28,30-31H,1,14-15,19-23H2,2-13H3,(H,36,37)/t32-,35+,37-,38-,43+;25-,28+,30?,31-,35+/m00/s1. The molecule has 14 heteroatoms. The first-order valence-electron chi connectivity index (χ1n) is 36.0. The molecule has 4 fully saturated rings. The molecule has 524 valence electrons. The van der Waals surface area contributed by atoms with E-state index in [-0.39, 0.29) is 86.8 Å². The average molecular weight is 1350 g/mol. The first-order chi connectivity index (χ1) is 42.0. The molecule has 0 radical (unpaired) electrons. The van der Waals surface area contributed by atoms with E-state index in [2.05, 4.69) is 227 Å². The molecule has 0 saturated heterocycles. The van der Waals surface area contributed by atoms with Gasteiger partial charge >= 0.3 is 11.9 Å². The fourth-order valence-corrected chi connectivity index (χ4v) is 20.0. The number of hydrogen-bond acceptors (Lipinski definition) is 9. The van der Waals surface area contributed by atoms with Crippen molar-refractivity contribution in [2.45, 2.75) is 349 Å². The topological polar surface area (TPSA) is 119 Å². The minimum absolute atomic E-state index is 0.00456. The Bertz CT molecular complexity index is 2780. The Labute approximate surface area is 567 Å². The van der Waals surface area contributed by atoms with Gasteiger partial charge in [-0.25, -0.2) is 9.59 Å². The Morgan fingerprint density at radius 3 is 1.23 bits per heavy atom. The molecule has 4 saturated carbocycles. The number of carbonyl (C=O) groups excluding carboxylic acids is 1. The lowest BCUT2D eigenvalue weighted by Gasteiger charge is -2.45. The van der Waals surface area contributed by atoms with E-state index in [1.54, 1.807) is 0 Å².